The van der Waals surface area contributed by atoms with Crippen LogP contribution in [0.1, 0.15) is 12.0 Å². The van der Waals surface area contributed by atoms with Gasteiger partial charge >= 0.3 is 6.18 Å². The van der Waals surface area contributed by atoms with Gasteiger partial charge in [0.15, 0.2) is 0 Å². The van der Waals surface area contributed by atoms with Crippen LogP contribution in [0.3, 0.4) is 0 Å². The first-order valence-electron chi connectivity index (χ1n) is 6.13. The second-order valence-electron chi connectivity index (χ2n) is 4.92. The molecule has 0 bridgehead atoms. The number of amides is 1. The second-order valence-corrected chi connectivity index (χ2v) is 5.36. The fraction of sp³-hybridized carbons (Fsp3) is 0.462. The summed E-state index contributed by atoms with van der Waals surface area (Å²) in [4.78, 5) is 14.0. The summed E-state index contributed by atoms with van der Waals surface area (Å²) in [5.74, 6) is -0.668. The molecule has 0 spiro atoms. The van der Waals surface area contributed by atoms with Crippen LogP contribution in [0, 0.1) is 5.92 Å². The lowest BCUT2D eigenvalue weighted by molar-refractivity contribution is -0.137. The van der Waals surface area contributed by atoms with Gasteiger partial charge in [0.05, 0.1) is 17.2 Å². The zero-order chi connectivity index (χ0) is 14.9. The number of anilines is 1. The molecule has 1 fully saturated rings. The average Bonchev–Trinajstić information content (AvgIpc) is 2.77. The molecule has 0 saturated carbocycles. The summed E-state index contributed by atoms with van der Waals surface area (Å²) >= 11 is 5.59. The maximum absolute atomic E-state index is 12.9. The Morgan fingerprint density at radius 3 is 2.70 bits per heavy atom. The fourth-order valence-electron chi connectivity index (χ4n) is 2.24. The molecule has 1 aliphatic heterocycles. The summed E-state index contributed by atoms with van der Waals surface area (Å²) in [5, 5.41) is 2.34. The van der Waals surface area contributed by atoms with Crippen LogP contribution in [0.2, 0.25) is 5.02 Å². The molecule has 1 aliphatic rings. The molecule has 7 heteroatoms. The number of carbonyl (C=O) groups is 1. The Morgan fingerprint density at radius 1 is 1.45 bits per heavy atom. The van der Waals surface area contributed by atoms with E-state index < -0.39 is 11.7 Å². The first-order valence-corrected chi connectivity index (χ1v) is 6.51. The third-order valence-corrected chi connectivity index (χ3v) is 3.54. The zero-order valence-corrected chi connectivity index (χ0v) is 11.6. The largest absolute Gasteiger partial charge is 0.418 e. The highest BCUT2D eigenvalue weighted by Gasteiger charge is 2.35. The second kappa shape index (κ2) is 5.61. The van der Waals surface area contributed by atoms with Gasteiger partial charge in [0.2, 0.25) is 5.91 Å². The molecule has 0 aliphatic carbocycles. The minimum Gasteiger partial charge on any atom is -0.325 e. The fourth-order valence-corrected chi connectivity index (χ4v) is 2.42. The number of benzene rings is 1. The predicted molar refractivity (Wildman–Crippen MR) is 70.7 cm³/mol. The van der Waals surface area contributed by atoms with Gasteiger partial charge in [-0.3, -0.25) is 4.79 Å². The molecule has 1 N–H and O–H groups in total. The Balaban J connectivity index is 2.19. The van der Waals surface area contributed by atoms with Crippen molar-refractivity contribution in [3.63, 3.8) is 0 Å². The van der Waals surface area contributed by atoms with E-state index in [1.807, 2.05) is 11.9 Å². The number of halogens is 4. The molecule has 1 aromatic carbocycles. The van der Waals surface area contributed by atoms with E-state index in [2.05, 4.69) is 5.32 Å². The van der Waals surface area contributed by atoms with Crippen LogP contribution in [-0.2, 0) is 11.0 Å². The number of rotatable bonds is 2. The Hall–Kier alpha value is -1.27. The molecule has 1 heterocycles. The minimum absolute atomic E-state index is 0.0177. The maximum atomic E-state index is 12.9. The van der Waals surface area contributed by atoms with Crippen LogP contribution in [0.25, 0.3) is 0 Å². The van der Waals surface area contributed by atoms with Crippen LogP contribution in [-0.4, -0.2) is 30.9 Å². The van der Waals surface area contributed by atoms with E-state index in [1.54, 1.807) is 0 Å². The third-order valence-electron chi connectivity index (χ3n) is 3.31. The summed E-state index contributed by atoms with van der Waals surface area (Å²) in [5.41, 5.74) is -1.17. The van der Waals surface area contributed by atoms with E-state index in [-0.39, 0.29) is 22.5 Å². The number of nitrogens with one attached hydrogen (secondary N) is 1. The Bertz CT molecular complexity index is 519. The van der Waals surface area contributed by atoms with E-state index in [9.17, 15) is 18.0 Å². The van der Waals surface area contributed by atoms with Crippen molar-refractivity contribution in [2.75, 3.05) is 25.5 Å². The smallest absolute Gasteiger partial charge is 0.325 e. The van der Waals surface area contributed by atoms with Gasteiger partial charge in [-0.15, -0.1) is 0 Å². The molecule has 0 radical (unpaired) electrons. The number of hydrogen-bond donors (Lipinski definition) is 1. The van der Waals surface area contributed by atoms with Crippen LogP contribution in [0.5, 0.6) is 0 Å². The number of nitrogens with zero attached hydrogens (tertiary/aromatic N) is 1. The minimum atomic E-state index is -4.56. The summed E-state index contributed by atoms with van der Waals surface area (Å²) in [6.07, 6.45) is -3.91. The van der Waals surface area contributed by atoms with Crippen molar-refractivity contribution in [3.8, 4) is 0 Å². The van der Waals surface area contributed by atoms with Crippen molar-refractivity contribution in [2.24, 2.45) is 5.92 Å². The van der Waals surface area contributed by atoms with Crippen molar-refractivity contribution in [2.45, 2.75) is 12.6 Å². The standard InChI is InChI=1S/C13H14ClF3N2O/c1-19-5-4-8(7-19)12(20)18-11-3-2-9(14)6-10(11)13(15,16)17/h2-3,6,8H,4-5,7H2,1H3,(H,18,20). The summed E-state index contributed by atoms with van der Waals surface area (Å²) in [7, 11) is 1.87. The molecule has 110 valence electrons. The molecule has 1 amide bonds. The number of carbonyl (C=O) groups excluding carboxylic acids is 1. The normalized spacial score (nSPS) is 20.1. The van der Waals surface area contributed by atoms with Gasteiger partial charge in [-0.2, -0.15) is 13.2 Å². The van der Waals surface area contributed by atoms with Gasteiger partial charge in [0.1, 0.15) is 0 Å². The van der Waals surface area contributed by atoms with Crippen LogP contribution >= 0.6 is 11.6 Å². The van der Waals surface area contributed by atoms with Gasteiger partial charge in [-0.05, 0) is 38.2 Å². The maximum Gasteiger partial charge on any atom is 0.418 e. The SMILES string of the molecule is CN1CCC(C(=O)Nc2ccc(Cl)cc2C(F)(F)F)C1. The molecule has 1 atom stereocenters. The van der Waals surface area contributed by atoms with Gasteiger partial charge in [0, 0.05) is 11.6 Å². The highest BCUT2D eigenvalue weighted by Crippen LogP contribution is 2.36. The molecular weight excluding hydrogens is 293 g/mol. The molecule has 1 aromatic rings. The summed E-state index contributed by atoms with van der Waals surface area (Å²) in [6, 6.07) is 3.33. The van der Waals surface area contributed by atoms with Crippen LogP contribution < -0.4 is 5.32 Å². The third kappa shape index (κ3) is 3.43. The monoisotopic (exact) mass is 306 g/mol. The Kier molecular flexibility index (Phi) is 4.25. The van der Waals surface area contributed by atoms with Gasteiger partial charge < -0.3 is 10.2 Å². The number of alkyl halides is 3. The first-order chi connectivity index (χ1) is 9.27. The van der Waals surface area contributed by atoms with Gasteiger partial charge in [-0.25, -0.2) is 0 Å². The lowest BCUT2D eigenvalue weighted by atomic mass is 10.1. The van der Waals surface area contributed by atoms with Gasteiger partial charge in [-0.1, -0.05) is 11.6 Å². The van der Waals surface area contributed by atoms with Crippen molar-refractivity contribution in [1.29, 1.82) is 0 Å². The highest BCUT2D eigenvalue weighted by atomic mass is 35.5. The molecule has 0 aromatic heterocycles. The van der Waals surface area contributed by atoms with E-state index in [4.69, 9.17) is 11.6 Å². The van der Waals surface area contributed by atoms with E-state index in [0.29, 0.717) is 13.0 Å². The molecule has 2 rings (SSSR count). The summed E-state index contributed by atoms with van der Waals surface area (Å²) in [6.45, 7) is 1.33. The Labute approximate surface area is 119 Å². The van der Waals surface area contributed by atoms with E-state index in [1.165, 1.54) is 12.1 Å². The average molecular weight is 307 g/mol. The molecule has 20 heavy (non-hydrogen) atoms. The zero-order valence-electron chi connectivity index (χ0n) is 10.8. The lowest BCUT2D eigenvalue weighted by Gasteiger charge is -2.16. The number of likely N-dealkylation sites (tertiary alicyclic amines) is 1. The highest BCUT2D eigenvalue weighted by molar-refractivity contribution is 6.30. The predicted octanol–water partition coefficient (Wildman–Crippen LogP) is 3.25. The topological polar surface area (TPSA) is 32.3 Å². The quantitative estimate of drug-likeness (QED) is 0.909. The van der Waals surface area contributed by atoms with Crippen LogP contribution in [0.4, 0.5) is 18.9 Å². The van der Waals surface area contributed by atoms with E-state index >= 15 is 0 Å². The van der Waals surface area contributed by atoms with Crippen molar-refractivity contribution >= 4 is 23.2 Å². The van der Waals surface area contributed by atoms with Crippen molar-refractivity contribution < 1.29 is 18.0 Å². The van der Waals surface area contributed by atoms with E-state index in [0.717, 1.165) is 12.6 Å². The Morgan fingerprint density at radius 2 is 2.15 bits per heavy atom. The van der Waals surface area contributed by atoms with Crippen molar-refractivity contribution in [1.82, 2.24) is 4.90 Å². The lowest BCUT2D eigenvalue weighted by Crippen LogP contribution is -2.26. The molecule has 1 saturated heterocycles. The first kappa shape index (κ1) is 15.1. The molecule has 1 unspecified atom stereocenters. The molecule has 3 nitrogen and oxygen atoms in total. The van der Waals surface area contributed by atoms with Crippen LogP contribution in [0.15, 0.2) is 18.2 Å². The molecular formula is C13H14ClF3N2O. The van der Waals surface area contributed by atoms with Crippen molar-refractivity contribution in [3.05, 3.63) is 28.8 Å². The summed E-state index contributed by atoms with van der Waals surface area (Å²) < 4.78 is 38.7. The number of hydrogen-bond acceptors (Lipinski definition) is 2. The van der Waals surface area contributed by atoms with Gasteiger partial charge in [0.25, 0.3) is 0 Å².